The molecule has 7 nitrogen and oxygen atoms in total. The first kappa shape index (κ1) is 20.6. The third-order valence-corrected chi connectivity index (χ3v) is 8.70. The number of sulfonamides is 1. The van der Waals surface area contributed by atoms with Gasteiger partial charge in [-0.25, -0.2) is 12.7 Å². The highest BCUT2D eigenvalue weighted by molar-refractivity contribution is 7.89. The predicted octanol–water partition coefficient (Wildman–Crippen LogP) is 2.44. The quantitative estimate of drug-likeness (QED) is 0.706. The molecule has 0 heterocycles. The SMILES string of the molecule is COc1ccc(NC(=O)CNC23CC4CC(CC(C4)C2)C3)cc1S(=O)(=O)N(C)C. The van der Waals surface area contributed by atoms with Crippen LogP contribution in [0.2, 0.25) is 0 Å². The molecule has 4 bridgehead atoms. The van der Waals surface area contributed by atoms with Crippen LogP contribution in [0.5, 0.6) is 5.75 Å². The maximum atomic E-state index is 12.6. The van der Waals surface area contributed by atoms with E-state index >= 15 is 0 Å². The summed E-state index contributed by atoms with van der Waals surface area (Å²) >= 11 is 0. The summed E-state index contributed by atoms with van der Waals surface area (Å²) in [5.74, 6) is 2.55. The first-order chi connectivity index (χ1) is 13.7. The van der Waals surface area contributed by atoms with E-state index in [1.807, 2.05) is 0 Å². The van der Waals surface area contributed by atoms with Gasteiger partial charge in [0.2, 0.25) is 15.9 Å². The maximum absolute atomic E-state index is 12.6. The number of nitrogens with one attached hydrogen (secondary N) is 2. The molecule has 4 fully saturated rings. The average Bonchev–Trinajstić information content (AvgIpc) is 2.65. The number of carbonyl (C=O) groups excluding carboxylic acids is 1. The van der Waals surface area contributed by atoms with Crippen molar-refractivity contribution < 1.29 is 17.9 Å². The fraction of sp³-hybridized carbons (Fsp3) is 0.667. The minimum atomic E-state index is -3.68. The molecule has 5 rings (SSSR count). The molecule has 4 aliphatic rings. The van der Waals surface area contributed by atoms with Crippen LogP contribution in [0.4, 0.5) is 5.69 Å². The summed E-state index contributed by atoms with van der Waals surface area (Å²) in [6.45, 7) is 0.244. The van der Waals surface area contributed by atoms with E-state index in [0.717, 1.165) is 22.1 Å². The Morgan fingerprint density at radius 1 is 1.14 bits per heavy atom. The number of hydrogen-bond acceptors (Lipinski definition) is 5. The standard InChI is InChI=1S/C21H31N3O4S/c1-24(2)29(26,27)19-9-17(4-5-18(19)28-3)23-20(25)13-22-21-10-14-6-15(11-21)8-16(7-14)12-21/h4-5,9,14-16,22H,6-8,10-13H2,1-3H3,(H,23,25). The molecular formula is C21H31N3O4S. The van der Waals surface area contributed by atoms with Crippen LogP contribution in [0.3, 0.4) is 0 Å². The second kappa shape index (κ2) is 7.56. The van der Waals surface area contributed by atoms with E-state index in [1.165, 1.54) is 65.8 Å². The van der Waals surface area contributed by atoms with Gasteiger partial charge in [0, 0.05) is 25.3 Å². The van der Waals surface area contributed by atoms with E-state index in [0.29, 0.717) is 5.69 Å². The van der Waals surface area contributed by atoms with Gasteiger partial charge in [-0.2, -0.15) is 0 Å². The monoisotopic (exact) mass is 421 g/mol. The zero-order valence-electron chi connectivity index (χ0n) is 17.4. The lowest BCUT2D eigenvalue weighted by molar-refractivity contribution is -0.116. The summed E-state index contributed by atoms with van der Waals surface area (Å²) in [6.07, 6.45) is 7.63. The zero-order chi connectivity index (χ0) is 20.8. The number of carbonyl (C=O) groups is 1. The molecule has 0 unspecified atom stereocenters. The Labute approximate surface area is 173 Å². The Morgan fingerprint density at radius 2 is 1.72 bits per heavy atom. The first-order valence-corrected chi connectivity index (χ1v) is 11.8. The summed E-state index contributed by atoms with van der Waals surface area (Å²) in [7, 11) is 0.684. The van der Waals surface area contributed by atoms with Gasteiger partial charge in [0.05, 0.1) is 13.7 Å². The lowest BCUT2D eigenvalue weighted by atomic mass is 9.53. The normalized spacial score (nSPS) is 30.6. The van der Waals surface area contributed by atoms with Crippen LogP contribution in [0, 0.1) is 17.8 Å². The Hall–Kier alpha value is -1.64. The molecule has 1 aromatic carbocycles. The minimum Gasteiger partial charge on any atom is -0.495 e. The fourth-order valence-corrected chi connectivity index (χ4v) is 7.03. The number of hydrogen-bond donors (Lipinski definition) is 2. The summed E-state index contributed by atoms with van der Waals surface area (Å²) in [5, 5.41) is 6.41. The molecule has 2 N–H and O–H groups in total. The second-order valence-electron chi connectivity index (χ2n) is 9.25. The van der Waals surface area contributed by atoms with Crippen LogP contribution >= 0.6 is 0 Å². The molecule has 1 amide bonds. The molecule has 29 heavy (non-hydrogen) atoms. The number of amides is 1. The van der Waals surface area contributed by atoms with Gasteiger partial charge in [0.15, 0.2) is 0 Å². The Kier molecular flexibility index (Phi) is 5.38. The second-order valence-corrected chi connectivity index (χ2v) is 11.4. The molecule has 160 valence electrons. The highest BCUT2D eigenvalue weighted by Crippen LogP contribution is 2.55. The Morgan fingerprint density at radius 3 is 2.24 bits per heavy atom. The molecule has 0 saturated heterocycles. The van der Waals surface area contributed by atoms with Gasteiger partial charge >= 0.3 is 0 Å². The van der Waals surface area contributed by atoms with Gasteiger partial charge in [-0.1, -0.05) is 0 Å². The summed E-state index contributed by atoms with van der Waals surface area (Å²) in [6, 6.07) is 4.69. The number of benzene rings is 1. The van der Waals surface area contributed by atoms with Crippen LogP contribution < -0.4 is 15.4 Å². The van der Waals surface area contributed by atoms with Crippen LogP contribution in [-0.4, -0.2) is 51.9 Å². The van der Waals surface area contributed by atoms with Crippen molar-refractivity contribution in [1.82, 2.24) is 9.62 Å². The molecule has 4 saturated carbocycles. The molecule has 8 heteroatoms. The minimum absolute atomic E-state index is 0.0387. The molecular weight excluding hydrogens is 390 g/mol. The van der Waals surface area contributed by atoms with E-state index in [1.54, 1.807) is 12.1 Å². The van der Waals surface area contributed by atoms with Gasteiger partial charge in [-0.15, -0.1) is 0 Å². The molecule has 0 spiro atoms. The largest absolute Gasteiger partial charge is 0.495 e. The van der Waals surface area contributed by atoms with Crippen LogP contribution in [-0.2, 0) is 14.8 Å². The highest BCUT2D eigenvalue weighted by atomic mass is 32.2. The first-order valence-electron chi connectivity index (χ1n) is 10.4. The number of ether oxygens (including phenoxy) is 1. The molecule has 0 aromatic heterocycles. The van der Waals surface area contributed by atoms with Crippen LogP contribution in [0.15, 0.2) is 23.1 Å². The van der Waals surface area contributed by atoms with Gasteiger partial charge in [0.25, 0.3) is 0 Å². The Bertz CT molecular complexity index is 862. The molecule has 4 aliphatic carbocycles. The van der Waals surface area contributed by atoms with Crippen molar-refractivity contribution in [2.75, 3.05) is 33.1 Å². The molecule has 1 aromatic rings. The van der Waals surface area contributed by atoms with E-state index in [2.05, 4.69) is 10.6 Å². The topological polar surface area (TPSA) is 87.7 Å². The number of nitrogens with zero attached hydrogens (tertiary/aromatic N) is 1. The predicted molar refractivity (Wildman–Crippen MR) is 111 cm³/mol. The van der Waals surface area contributed by atoms with Crippen LogP contribution in [0.1, 0.15) is 38.5 Å². The van der Waals surface area contributed by atoms with Crippen LogP contribution in [0.25, 0.3) is 0 Å². The van der Waals surface area contributed by atoms with Crippen molar-refractivity contribution >= 4 is 21.6 Å². The Balaban J connectivity index is 1.42. The number of anilines is 1. The zero-order valence-corrected chi connectivity index (χ0v) is 18.2. The summed E-state index contributed by atoms with van der Waals surface area (Å²) < 4.78 is 31.4. The van der Waals surface area contributed by atoms with Crippen molar-refractivity contribution in [3.63, 3.8) is 0 Å². The number of methoxy groups -OCH3 is 1. The van der Waals surface area contributed by atoms with Crippen molar-refractivity contribution in [1.29, 1.82) is 0 Å². The lowest BCUT2D eigenvalue weighted by Crippen LogP contribution is -2.59. The molecule has 0 radical (unpaired) electrons. The van der Waals surface area contributed by atoms with E-state index in [9.17, 15) is 13.2 Å². The van der Waals surface area contributed by atoms with Gasteiger partial charge in [0.1, 0.15) is 10.6 Å². The van der Waals surface area contributed by atoms with Crippen molar-refractivity contribution in [2.45, 2.75) is 49.0 Å². The third kappa shape index (κ3) is 4.02. The molecule has 0 aliphatic heterocycles. The molecule has 0 atom stereocenters. The van der Waals surface area contributed by atoms with Crippen molar-refractivity contribution in [3.05, 3.63) is 18.2 Å². The van der Waals surface area contributed by atoms with Crippen molar-refractivity contribution in [2.24, 2.45) is 17.8 Å². The third-order valence-electron chi connectivity index (χ3n) is 6.87. The van der Waals surface area contributed by atoms with Crippen molar-refractivity contribution in [3.8, 4) is 5.75 Å². The lowest BCUT2D eigenvalue weighted by Gasteiger charge is -2.57. The van der Waals surface area contributed by atoms with Gasteiger partial charge in [-0.05, 0) is 74.5 Å². The van der Waals surface area contributed by atoms with E-state index in [-0.39, 0.29) is 28.6 Å². The summed E-state index contributed by atoms with van der Waals surface area (Å²) in [4.78, 5) is 12.6. The van der Waals surface area contributed by atoms with Gasteiger partial charge in [-0.3, -0.25) is 4.79 Å². The maximum Gasteiger partial charge on any atom is 0.246 e. The average molecular weight is 422 g/mol. The number of rotatable bonds is 7. The fourth-order valence-electron chi connectivity index (χ4n) is 5.95. The van der Waals surface area contributed by atoms with E-state index in [4.69, 9.17) is 4.74 Å². The highest BCUT2D eigenvalue weighted by Gasteiger charge is 2.50. The smallest absolute Gasteiger partial charge is 0.246 e. The van der Waals surface area contributed by atoms with Gasteiger partial charge < -0.3 is 15.4 Å². The van der Waals surface area contributed by atoms with E-state index < -0.39 is 10.0 Å². The summed E-state index contributed by atoms with van der Waals surface area (Å²) in [5.41, 5.74) is 0.564.